The average Bonchev–Trinajstić information content (AvgIpc) is 3.69. The van der Waals surface area contributed by atoms with E-state index in [0.717, 1.165) is 42.4 Å². The largest absolute Gasteiger partial charge is 3.00 e. The quantitative estimate of drug-likeness (QED) is 0.157. The van der Waals surface area contributed by atoms with Crippen molar-refractivity contribution in [2.45, 2.75) is 65.1 Å². The summed E-state index contributed by atoms with van der Waals surface area (Å²) in [6.45, 7) is -0.486. The standard InChI is InChI=1S/C35H30N.C23H20.Ir/c1-24-20-31(18-19-32(24)33-22-35(36-23-25(33)2)30-6-4-3-5-7-30)34-21-28-13-12-26-8-10-27(11-9-26)14-16-29(34)17-15-28;1-16-9-8-10-17(2)22(16)23-20-14-7-6-13-19(20)15-21(23)18-11-4-3-5-12-18;/h3-6,8-11,15,17-23H,12-14,16H2,1-2H3;3-11,13-15,21,23H,1-2H3;/q-1;-2;+3/i1D3,2D3;;. The maximum atomic E-state index is 8.48. The third kappa shape index (κ3) is 8.60. The Hall–Kier alpha value is -5.79. The van der Waals surface area contributed by atoms with Crippen molar-refractivity contribution in [1.82, 2.24) is 4.98 Å². The summed E-state index contributed by atoms with van der Waals surface area (Å²) in [5, 5.41) is 0. The number of rotatable bonds is 5. The number of aromatic nitrogens is 1. The fourth-order valence-corrected chi connectivity index (χ4v) is 9.00. The van der Waals surface area contributed by atoms with E-state index in [2.05, 4.69) is 134 Å². The van der Waals surface area contributed by atoms with Crippen LogP contribution in [0.3, 0.4) is 0 Å². The van der Waals surface area contributed by atoms with Crippen molar-refractivity contribution in [2.24, 2.45) is 0 Å². The molecule has 1 heterocycles. The molecule has 0 saturated heterocycles. The summed E-state index contributed by atoms with van der Waals surface area (Å²) >= 11 is 0. The van der Waals surface area contributed by atoms with E-state index in [4.69, 9.17) is 8.22 Å². The van der Waals surface area contributed by atoms with Crippen LogP contribution in [0.5, 0.6) is 0 Å². The molecule has 4 bridgehead atoms. The zero-order chi connectivity index (χ0) is 45.3. The molecule has 1 aromatic heterocycles. The molecule has 60 heavy (non-hydrogen) atoms. The zero-order valence-corrected chi connectivity index (χ0v) is 36.3. The Morgan fingerprint density at radius 2 is 1.28 bits per heavy atom. The number of hydrogen-bond donors (Lipinski definition) is 0. The van der Waals surface area contributed by atoms with Crippen LogP contribution in [-0.4, -0.2) is 4.98 Å². The van der Waals surface area contributed by atoms with E-state index >= 15 is 0 Å². The summed E-state index contributed by atoms with van der Waals surface area (Å²) in [4.78, 5) is 4.41. The van der Waals surface area contributed by atoms with Gasteiger partial charge in [0.1, 0.15) is 0 Å². The third-order valence-electron chi connectivity index (χ3n) is 12.1. The van der Waals surface area contributed by atoms with Crippen molar-refractivity contribution in [1.29, 1.82) is 0 Å². The molecule has 5 aliphatic rings. The molecule has 2 heteroatoms. The minimum absolute atomic E-state index is 0. The Kier molecular flexibility index (Phi) is 10.3. The molecule has 0 N–H and O–H groups in total. The molecule has 8 aromatic rings. The Morgan fingerprint density at radius 1 is 0.583 bits per heavy atom. The molecule has 0 aliphatic heterocycles. The van der Waals surface area contributed by atoms with Gasteiger partial charge in [0, 0.05) is 14.4 Å². The van der Waals surface area contributed by atoms with Gasteiger partial charge >= 0.3 is 20.1 Å². The smallest absolute Gasteiger partial charge is 0.304 e. The Balaban J connectivity index is 0.000000208. The summed E-state index contributed by atoms with van der Waals surface area (Å²) in [6, 6.07) is 60.1. The number of benzene rings is 7. The first-order valence-electron chi connectivity index (χ1n) is 23.6. The maximum Gasteiger partial charge on any atom is 3.00 e. The van der Waals surface area contributed by atoms with E-state index in [1.165, 1.54) is 56.3 Å². The minimum atomic E-state index is -2.48. The van der Waals surface area contributed by atoms with Crippen LogP contribution in [0.2, 0.25) is 0 Å². The normalized spacial score (nSPS) is 17.0. The van der Waals surface area contributed by atoms with E-state index in [0.29, 0.717) is 34.2 Å². The molecule has 7 aromatic carbocycles. The maximum absolute atomic E-state index is 8.48. The molecule has 0 saturated carbocycles. The van der Waals surface area contributed by atoms with Crippen LogP contribution in [-0.2, 0) is 45.8 Å². The summed E-state index contributed by atoms with van der Waals surface area (Å²) in [5.74, 6) is 0.736. The average molecular weight is 959 g/mol. The molecule has 0 radical (unpaired) electrons. The van der Waals surface area contributed by atoms with Crippen molar-refractivity contribution in [3.05, 3.63) is 249 Å². The zero-order valence-electron chi connectivity index (χ0n) is 39.9. The van der Waals surface area contributed by atoms with Crippen LogP contribution in [0.1, 0.15) is 86.8 Å². The minimum Gasteiger partial charge on any atom is -0.304 e. The van der Waals surface area contributed by atoms with Crippen molar-refractivity contribution >= 4 is 0 Å². The van der Waals surface area contributed by atoms with E-state index in [1.54, 1.807) is 24.3 Å². The van der Waals surface area contributed by atoms with Gasteiger partial charge in [-0.3, -0.25) is 0 Å². The van der Waals surface area contributed by atoms with Crippen molar-refractivity contribution in [3.8, 4) is 33.5 Å². The van der Waals surface area contributed by atoms with Crippen molar-refractivity contribution < 1.29 is 28.3 Å². The van der Waals surface area contributed by atoms with Crippen LogP contribution in [0, 0.1) is 46.1 Å². The molecule has 0 amide bonds. The van der Waals surface area contributed by atoms with Gasteiger partial charge in [0.05, 0.1) is 0 Å². The van der Waals surface area contributed by atoms with Crippen molar-refractivity contribution in [3.63, 3.8) is 0 Å². The topological polar surface area (TPSA) is 12.9 Å². The number of pyridine rings is 1. The van der Waals surface area contributed by atoms with Crippen LogP contribution in [0.4, 0.5) is 0 Å². The van der Waals surface area contributed by atoms with Crippen LogP contribution in [0.25, 0.3) is 33.5 Å². The summed E-state index contributed by atoms with van der Waals surface area (Å²) in [6.07, 6.45) is 7.28. The van der Waals surface area contributed by atoms with Gasteiger partial charge in [-0.2, -0.15) is 53.9 Å². The molecular weight excluding hydrogens is 903 g/mol. The summed E-state index contributed by atoms with van der Waals surface area (Å²) in [5.41, 5.74) is 17.1. The molecule has 2 unspecified atom stereocenters. The first-order valence-corrected chi connectivity index (χ1v) is 20.6. The Labute approximate surface area is 379 Å². The second-order valence-corrected chi connectivity index (χ2v) is 15.9. The van der Waals surface area contributed by atoms with E-state index in [-0.39, 0.29) is 31.2 Å². The van der Waals surface area contributed by atoms with Crippen LogP contribution < -0.4 is 0 Å². The second kappa shape index (κ2) is 18.2. The fraction of sp³-hybridized carbons (Fsp3) is 0.172. The molecule has 5 aliphatic carbocycles. The van der Waals surface area contributed by atoms with Gasteiger partial charge in [0.15, 0.2) is 0 Å². The number of aryl methyl sites for hydroxylation is 8. The van der Waals surface area contributed by atoms with Gasteiger partial charge < -0.3 is 4.98 Å². The molecule has 0 fully saturated rings. The van der Waals surface area contributed by atoms with Crippen molar-refractivity contribution in [2.75, 3.05) is 0 Å². The molecule has 13 rings (SSSR count). The fourth-order valence-electron chi connectivity index (χ4n) is 9.00. The Bertz CT molecular complexity index is 2940. The van der Waals surface area contributed by atoms with Gasteiger partial charge in [-0.15, -0.1) is 53.6 Å². The molecule has 1 nitrogen and oxygen atoms in total. The number of hydrogen-bond acceptors (Lipinski definition) is 1. The summed E-state index contributed by atoms with van der Waals surface area (Å²) in [7, 11) is 0. The van der Waals surface area contributed by atoms with Crippen LogP contribution in [0.15, 0.2) is 164 Å². The van der Waals surface area contributed by atoms with Gasteiger partial charge in [-0.1, -0.05) is 96.9 Å². The molecule has 2 atom stereocenters. The van der Waals surface area contributed by atoms with Gasteiger partial charge in [0.2, 0.25) is 0 Å². The second-order valence-electron chi connectivity index (χ2n) is 15.9. The number of nitrogens with zero attached hydrogens (tertiary/aromatic N) is 1. The van der Waals surface area contributed by atoms with Gasteiger partial charge in [-0.25, -0.2) is 0 Å². The predicted molar refractivity (Wildman–Crippen MR) is 246 cm³/mol. The van der Waals surface area contributed by atoms with Gasteiger partial charge in [0.25, 0.3) is 0 Å². The SMILES string of the molecule is Cc1cccc(C)c1C1c2ccccc2[CH-]C1c1[c-]cccc1.[2H]C([2H])([2H])c1cnc(-c2[c-]cccc2)cc1-c1ccc(-c2cc3ccc2CCc2ccc(cc2)CC3)cc1C([2H])([2H])[2H].[Ir+3]. The Morgan fingerprint density at radius 3 is 2.02 bits per heavy atom. The molecular formula is C58H50IrN. The summed E-state index contributed by atoms with van der Waals surface area (Å²) < 4.78 is 50.0. The molecule has 296 valence electrons. The predicted octanol–water partition coefficient (Wildman–Crippen LogP) is 14.0. The third-order valence-corrected chi connectivity index (χ3v) is 12.1. The number of fused-ring (bicyclic) bond motifs is 1. The first-order chi connectivity index (χ1) is 31.3. The monoisotopic (exact) mass is 959 g/mol. The first kappa shape index (κ1) is 34.0. The molecule has 0 spiro atoms. The van der Waals surface area contributed by atoms with E-state index < -0.39 is 13.7 Å². The van der Waals surface area contributed by atoms with Crippen LogP contribution >= 0.6 is 0 Å². The van der Waals surface area contributed by atoms with E-state index in [9.17, 15) is 0 Å². The van der Waals surface area contributed by atoms with Gasteiger partial charge in [-0.05, 0) is 137 Å². The van der Waals surface area contributed by atoms with E-state index in [1.807, 2.05) is 36.4 Å².